The van der Waals surface area contributed by atoms with Gasteiger partial charge in [0.2, 0.25) is 0 Å². The molecule has 0 N–H and O–H groups in total. The van der Waals surface area contributed by atoms with Crippen molar-refractivity contribution in [2.45, 2.75) is 5.92 Å². The fraction of sp³-hybridized carbons (Fsp3) is 0.150. The second kappa shape index (κ2) is 5.43. The van der Waals surface area contributed by atoms with Gasteiger partial charge in [0.15, 0.2) is 0 Å². The third-order valence-corrected chi connectivity index (χ3v) is 4.50. The summed E-state index contributed by atoms with van der Waals surface area (Å²) in [6.45, 7) is 0.359. The second-order valence-electron chi connectivity index (χ2n) is 5.83. The Hall–Kier alpha value is -2.81. The van der Waals surface area contributed by atoms with E-state index in [1.54, 1.807) is 10.6 Å². The van der Waals surface area contributed by atoms with Gasteiger partial charge in [0.25, 0.3) is 0 Å². The van der Waals surface area contributed by atoms with Gasteiger partial charge in [0.1, 0.15) is 12.3 Å². The van der Waals surface area contributed by atoms with Crippen molar-refractivity contribution in [2.75, 3.05) is 6.61 Å². The Morgan fingerprint density at radius 3 is 2.13 bits per heavy atom. The summed E-state index contributed by atoms with van der Waals surface area (Å²) in [5, 5.41) is 0. The average molecular weight is 303 g/mol. The maximum Gasteiger partial charge on any atom is 0.354 e. The monoisotopic (exact) mass is 303 g/mol. The van der Waals surface area contributed by atoms with Crippen LogP contribution in [0.1, 0.15) is 27.5 Å². The molecule has 1 aliphatic rings. The van der Waals surface area contributed by atoms with Crippen molar-refractivity contribution in [1.29, 1.82) is 0 Å². The average Bonchev–Trinajstić information content (AvgIpc) is 3.14. The van der Waals surface area contributed by atoms with E-state index in [1.807, 2.05) is 43.6 Å². The molecular formula is C20H17NO2. The Balaban J connectivity index is 1.62. The molecule has 1 heterocycles. The smallest absolute Gasteiger partial charge is 0.354 e. The van der Waals surface area contributed by atoms with Crippen LogP contribution < -0.4 is 0 Å². The van der Waals surface area contributed by atoms with Crippen LogP contribution in [0.4, 0.5) is 0 Å². The summed E-state index contributed by atoms with van der Waals surface area (Å²) in [5.41, 5.74) is 5.51. The first kappa shape index (κ1) is 13.8. The number of hydrogen-bond acceptors (Lipinski definition) is 2. The Morgan fingerprint density at radius 1 is 0.957 bits per heavy atom. The molecule has 4 rings (SSSR count). The SMILES string of the molecule is Cn1cccc1C(=O)OCC1c2ccccc2-c2ccccc21. The molecule has 3 aromatic rings. The molecule has 3 nitrogen and oxygen atoms in total. The van der Waals surface area contributed by atoms with Gasteiger partial charge in [-0.25, -0.2) is 4.79 Å². The molecule has 2 aromatic carbocycles. The fourth-order valence-corrected chi connectivity index (χ4v) is 3.35. The number of carbonyl (C=O) groups excluding carboxylic acids is 1. The second-order valence-corrected chi connectivity index (χ2v) is 5.83. The largest absolute Gasteiger partial charge is 0.460 e. The molecule has 23 heavy (non-hydrogen) atoms. The highest BCUT2D eigenvalue weighted by molar-refractivity contribution is 5.88. The van der Waals surface area contributed by atoms with Crippen molar-refractivity contribution in [3.8, 4) is 11.1 Å². The topological polar surface area (TPSA) is 31.2 Å². The third kappa shape index (κ3) is 2.25. The standard InChI is InChI=1S/C20H17NO2/c1-21-12-6-11-19(21)20(22)23-13-18-16-9-4-2-7-14(16)15-8-3-5-10-17(15)18/h2-12,18H,13H2,1H3. The van der Waals surface area contributed by atoms with Crippen LogP contribution >= 0.6 is 0 Å². The predicted molar refractivity (Wildman–Crippen MR) is 89.4 cm³/mol. The molecule has 0 saturated heterocycles. The molecule has 0 atom stereocenters. The number of fused-ring (bicyclic) bond motifs is 3. The van der Waals surface area contributed by atoms with Gasteiger partial charge < -0.3 is 9.30 Å². The van der Waals surface area contributed by atoms with Crippen molar-refractivity contribution in [3.63, 3.8) is 0 Å². The number of carbonyl (C=O) groups is 1. The summed E-state index contributed by atoms with van der Waals surface area (Å²) >= 11 is 0. The lowest BCUT2D eigenvalue weighted by atomic mass is 9.98. The van der Waals surface area contributed by atoms with Gasteiger partial charge in [-0.2, -0.15) is 0 Å². The van der Waals surface area contributed by atoms with Gasteiger partial charge in [0.05, 0.1) is 0 Å². The Labute approximate surface area is 135 Å². The van der Waals surface area contributed by atoms with E-state index in [2.05, 4.69) is 24.3 Å². The zero-order valence-electron chi connectivity index (χ0n) is 12.9. The van der Waals surface area contributed by atoms with E-state index in [0.717, 1.165) is 0 Å². The van der Waals surface area contributed by atoms with E-state index in [-0.39, 0.29) is 11.9 Å². The summed E-state index contributed by atoms with van der Waals surface area (Å²) in [5.74, 6) is -0.175. The van der Waals surface area contributed by atoms with Crippen molar-refractivity contribution in [1.82, 2.24) is 4.57 Å². The van der Waals surface area contributed by atoms with Gasteiger partial charge in [-0.05, 0) is 34.4 Å². The van der Waals surface area contributed by atoms with E-state index in [9.17, 15) is 4.79 Å². The zero-order valence-corrected chi connectivity index (χ0v) is 12.9. The zero-order chi connectivity index (χ0) is 15.8. The molecule has 0 amide bonds. The molecule has 1 aromatic heterocycles. The van der Waals surface area contributed by atoms with Crippen LogP contribution in [0.3, 0.4) is 0 Å². The van der Waals surface area contributed by atoms with E-state index < -0.39 is 0 Å². The first-order chi connectivity index (χ1) is 11.3. The first-order valence-corrected chi connectivity index (χ1v) is 7.72. The third-order valence-electron chi connectivity index (χ3n) is 4.50. The molecule has 0 spiro atoms. The van der Waals surface area contributed by atoms with E-state index in [0.29, 0.717) is 12.3 Å². The molecule has 0 fully saturated rings. The molecular weight excluding hydrogens is 286 g/mol. The minimum atomic E-state index is -0.278. The van der Waals surface area contributed by atoms with E-state index >= 15 is 0 Å². The quantitative estimate of drug-likeness (QED) is 0.685. The van der Waals surface area contributed by atoms with E-state index in [4.69, 9.17) is 4.74 Å². The van der Waals surface area contributed by atoms with Crippen molar-refractivity contribution in [2.24, 2.45) is 7.05 Å². The molecule has 0 saturated carbocycles. The van der Waals surface area contributed by atoms with Crippen molar-refractivity contribution in [3.05, 3.63) is 83.7 Å². The summed E-state index contributed by atoms with van der Waals surface area (Å²) in [6, 6.07) is 20.3. The molecule has 0 unspecified atom stereocenters. The number of ether oxygens (including phenoxy) is 1. The van der Waals surface area contributed by atoms with Crippen LogP contribution in [-0.4, -0.2) is 17.1 Å². The van der Waals surface area contributed by atoms with Crippen molar-refractivity contribution >= 4 is 5.97 Å². The lowest BCUT2D eigenvalue weighted by Gasteiger charge is -2.14. The van der Waals surface area contributed by atoms with Crippen LogP contribution in [0.2, 0.25) is 0 Å². The highest BCUT2D eigenvalue weighted by Gasteiger charge is 2.29. The maximum absolute atomic E-state index is 12.3. The van der Waals surface area contributed by atoms with Crippen LogP contribution in [0.15, 0.2) is 66.9 Å². The normalized spacial score (nSPS) is 12.7. The number of aromatic nitrogens is 1. The maximum atomic E-state index is 12.3. The highest BCUT2D eigenvalue weighted by atomic mass is 16.5. The number of hydrogen-bond donors (Lipinski definition) is 0. The summed E-state index contributed by atoms with van der Waals surface area (Å²) < 4.78 is 7.38. The lowest BCUT2D eigenvalue weighted by molar-refractivity contribution is 0.0482. The Morgan fingerprint density at radius 2 is 1.57 bits per heavy atom. The predicted octanol–water partition coefficient (Wildman–Crippen LogP) is 3.99. The van der Waals surface area contributed by atoms with Crippen LogP contribution in [0.25, 0.3) is 11.1 Å². The number of benzene rings is 2. The van der Waals surface area contributed by atoms with E-state index in [1.165, 1.54) is 22.3 Å². The fourth-order valence-electron chi connectivity index (χ4n) is 3.35. The summed E-state index contributed by atoms with van der Waals surface area (Å²) in [7, 11) is 1.84. The highest BCUT2D eigenvalue weighted by Crippen LogP contribution is 2.44. The van der Waals surface area contributed by atoms with Gasteiger partial charge in [-0.3, -0.25) is 0 Å². The molecule has 0 aliphatic heterocycles. The number of nitrogens with zero attached hydrogens (tertiary/aromatic N) is 1. The van der Waals surface area contributed by atoms with Gasteiger partial charge in [-0.1, -0.05) is 48.5 Å². The number of rotatable bonds is 3. The molecule has 114 valence electrons. The van der Waals surface area contributed by atoms with Crippen LogP contribution in [0.5, 0.6) is 0 Å². The number of esters is 1. The molecule has 3 heteroatoms. The molecule has 0 bridgehead atoms. The Kier molecular flexibility index (Phi) is 3.27. The molecule has 0 radical (unpaired) electrons. The summed E-state index contributed by atoms with van der Waals surface area (Å²) in [4.78, 5) is 12.3. The van der Waals surface area contributed by atoms with Gasteiger partial charge in [0, 0.05) is 19.2 Å². The lowest BCUT2D eigenvalue weighted by Crippen LogP contribution is -2.14. The first-order valence-electron chi connectivity index (χ1n) is 7.72. The van der Waals surface area contributed by atoms with Gasteiger partial charge in [-0.15, -0.1) is 0 Å². The minimum absolute atomic E-state index is 0.103. The molecule has 1 aliphatic carbocycles. The Bertz CT molecular complexity index is 833. The van der Waals surface area contributed by atoms with Gasteiger partial charge >= 0.3 is 5.97 Å². The number of aryl methyl sites for hydroxylation is 1. The van der Waals surface area contributed by atoms with Crippen LogP contribution in [-0.2, 0) is 11.8 Å². The van der Waals surface area contributed by atoms with Crippen molar-refractivity contribution < 1.29 is 9.53 Å². The summed E-state index contributed by atoms with van der Waals surface area (Å²) in [6.07, 6.45) is 1.84. The minimum Gasteiger partial charge on any atom is -0.460 e. The van der Waals surface area contributed by atoms with Crippen LogP contribution in [0, 0.1) is 0 Å².